The zero-order valence-electron chi connectivity index (χ0n) is 15.5. The Labute approximate surface area is 164 Å². The van der Waals surface area contributed by atoms with Gasteiger partial charge in [-0.2, -0.15) is 13.2 Å². The van der Waals surface area contributed by atoms with Crippen molar-refractivity contribution in [2.24, 2.45) is 4.99 Å². The lowest BCUT2D eigenvalue weighted by atomic mass is 10.0. The van der Waals surface area contributed by atoms with E-state index in [1.807, 2.05) is 0 Å². The number of allylic oxidation sites excluding steroid dienone is 2. The third-order valence-electron chi connectivity index (χ3n) is 3.77. The molecule has 1 aromatic heterocycles. The molecule has 0 saturated carbocycles. The lowest BCUT2D eigenvalue weighted by molar-refractivity contribution is -0.145. The van der Waals surface area contributed by atoms with Crippen LogP contribution in [0.25, 0.3) is 0 Å². The van der Waals surface area contributed by atoms with Gasteiger partial charge in [-0.15, -0.1) is 0 Å². The Balaban J connectivity index is 2.17. The van der Waals surface area contributed by atoms with Gasteiger partial charge in [0.1, 0.15) is 11.5 Å². The van der Waals surface area contributed by atoms with E-state index in [4.69, 9.17) is 4.74 Å². The number of aromatic nitrogens is 2. The molecule has 0 aliphatic carbocycles. The summed E-state index contributed by atoms with van der Waals surface area (Å²) in [5.74, 6) is -3.10. The maximum Gasteiger partial charge on any atom is 0.451 e. The highest BCUT2D eigenvalue weighted by Gasteiger charge is 2.34. The number of hydrogen-bond donors (Lipinski definition) is 0. The molecule has 1 aliphatic heterocycles. The minimum absolute atomic E-state index is 0.0434. The molecule has 0 spiro atoms. The number of nitrogens with zero attached hydrogens (tertiary/aromatic N) is 4. The SMILES string of the molecule is C=C(F)C(=O)N1CC=C(/C(=N/C=C\C)C(=C)Oc2cnc(C(F)(F)F)nc2)CC1. The Bertz CT molecular complexity index is 886. The molecule has 1 amide bonds. The summed E-state index contributed by atoms with van der Waals surface area (Å²) in [4.78, 5) is 23.6. The Hall–Kier alpha value is -3.30. The van der Waals surface area contributed by atoms with Crippen molar-refractivity contribution in [1.29, 1.82) is 0 Å². The fourth-order valence-electron chi connectivity index (χ4n) is 2.43. The Morgan fingerprint density at radius 2 is 1.97 bits per heavy atom. The number of rotatable bonds is 6. The number of aliphatic imine (C=N–C) groups is 1. The van der Waals surface area contributed by atoms with Crippen molar-refractivity contribution < 1.29 is 27.1 Å². The van der Waals surface area contributed by atoms with Gasteiger partial charge in [0.15, 0.2) is 11.6 Å². The maximum atomic E-state index is 13.0. The molecule has 0 fully saturated rings. The minimum Gasteiger partial charge on any atom is -0.452 e. The lowest BCUT2D eigenvalue weighted by Crippen LogP contribution is -2.36. The largest absolute Gasteiger partial charge is 0.452 e. The maximum absolute atomic E-state index is 13.0. The first kappa shape index (κ1) is 22.0. The van der Waals surface area contributed by atoms with Gasteiger partial charge in [0.25, 0.3) is 5.91 Å². The molecule has 154 valence electrons. The van der Waals surface area contributed by atoms with Crippen LogP contribution in [0.4, 0.5) is 17.6 Å². The predicted octanol–water partition coefficient (Wildman–Crippen LogP) is 4.00. The number of amides is 1. The van der Waals surface area contributed by atoms with E-state index in [1.165, 1.54) is 11.1 Å². The highest BCUT2D eigenvalue weighted by molar-refractivity contribution is 6.11. The number of carbonyl (C=O) groups excluding carboxylic acids is 1. The van der Waals surface area contributed by atoms with Crippen LogP contribution in [0.5, 0.6) is 5.75 Å². The third-order valence-corrected chi connectivity index (χ3v) is 3.77. The van der Waals surface area contributed by atoms with E-state index in [2.05, 4.69) is 28.1 Å². The highest BCUT2D eigenvalue weighted by atomic mass is 19.4. The number of ether oxygens (including phenoxy) is 1. The van der Waals surface area contributed by atoms with Crippen molar-refractivity contribution in [3.63, 3.8) is 0 Å². The van der Waals surface area contributed by atoms with Crippen LogP contribution < -0.4 is 4.74 Å². The number of halogens is 4. The molecule has 2 rings (SSSR count). The second kappa shape index (κ2) is 9.26. The van der Waals surface area contributed by atoms with Crippen molar-refractivity contribution >= 4 is 11.6 Å². The molecule has 1 aromatic rings. The average molecular weight is 410 g/mol. The molecule has 0 saturated heterocycles. The first-order valence-electron chi connectivity index (χ1n) is 8.42. The van der Waals surface area contributed by atoms with Crippen molar-refractivity contribution in [2.45, 2.75) is 19.5 Å². The summed E-state index contributed by atoms with van der Waals surface area (Å²) in [6.45, 7) is 8.89. The van der Waals surface area contributed by atoms with Crippen LogP contribution in [0.3, 0.4) is 0 Å². The molecule has 0 bridgehead atoms. The van der Waals surface area contributed by atoms with Gasteiger partial charge >= 0.3 is 6.18 Å². The van der Waals surface area contributed by atoms with Crippen LogP contribution in [0.2, 0.25) is 0 Å². The predicted molar refractivity (Wildman–Crippen MR) is 98.6 cm³/mol. The first-order chi connectivity index (χ1) is 13.6. The summed E-state index contributed by atoms with van der Waals surface area (Å²) in [6, 6.07) is 0. The van der Waals surface area contributed by atoms with Crippen LogP contribution in [0, 0.1) is 0 Å². The van der Waals surface area contributed by atoms with Gasteiger partial charge in [0.05, 0.1) is 12.4 Å². The van der Waals surface area contributed by atoms with Gasteiger partial charge in [-0.1, -0.05) is 25.3 Å². The zero-order valence-corrected chi connectivity index (χ0v) is 15.5. The Morgan fingerprint density at radius 3 is 2.45 bits per heavy atom. The summed E-state index contributed by atoms with van der Waals surface area (Å²) in [5, 5.41) is 0. The number of alkyl halides is 3. The molecule has 0 aromatic carbocycles. The molecule has 0 N–H and O–H groups in total. The van der Waals surface area contributed by atoms with Gasteiger partial charge < -0.3 is 9.64 Å². The molecule has 10 heteroatoms. The monoisotopic (exact) mass is 410 g/mol. The van der Waals surface area contributed by atoms with Crippen LogP contribution in [0.1, 0.15) is 19.2 Å². The fourth-order valence-corrected chi connectivity index (χ4v) is 2.43. The number of carbonyl (C=O) groups is 1. The van der Waals surface area contributed by atoms with Crippen molar-refractivity contribution in [3.05, 3.63) is 66.9 Å². The Kier molecular flexibility index (Phi) is 7.03. The summed E-state index contributed by atoms with van der Waals surface area (Å²) in [7, 11) is 0. The topological polar surface area (TPSA) is 67.7 Å². The van der Waals surface area contributed by atoms with Gasteiger partial charge in [-0.3, -0.25) is 9.79 Å². The van der Waals surface area contributed by atoms with Gasteiger partial charge in [-0.25, -0.2) is 14.4 Å². The second-order valence-electron chi connectivity index (χ2n) is 5.86. The fraction of sp³-hybridized carbons (Fsp3) is 0.263. The molecule has 0 atom stereocenters. The van der Waals surface area contributed by atoms with E-state index in [0.717, 1.165) is 12.4 Å². The van der Waals surface area contributed by atoms with Crippen LogP contribution in [0.15, 0.2) is 66.1 Å². The molecular weight excluding hydrogens is 392 g/mol. The average Bonchev–Trinajstić information content (AvgIpc) is 2.68. The summed E-state index contributed by atoms with van der Waals surface area (Å²) in [5.41, 5.74) is 1.03. The van der Waals surface area contributed by atoms with Crippen molar-refractivity contribution in [2.75, 3.05) is 13.1 Å². The van der Waals surface area contributed by atoms with Gasteiger partial charge in [-0.05, 0) is 18.9 Å². The van der Waals surface area contributed by atoms with E-state index in [9.17, 15) is 22.4 Å². The van der Waals surface area contributed by atoms with E-state index >= 15 is 0 Å². The quantitative estimate of drug-likeness (QED) is 0.308. The normalized spacial score (nSPS) is 15.3. The second-order valence-corrected chi connectivity index (χ2v) is 5.86. The summed E-state index contributed by atoms with van der Waals surface area (Å²) >= 11 is 0. The van der Waals surface area contributed by atoms with Gasteiger partial charge in [0.2, 0.25) is 5.82 Å². The lowest BCUT2D eigenvalue weighted by Gasteiger charge is -2.26. The van der Waals surface area contributed by atoms with Crippen LogP contribution in [-0.2, 0) is 11.0 Å². The molecule has 2 heterocycles. The zero-order chi connectivity index (χ0) is 21.6. The molecule has 29 heavy (non-hydrogen) atoms. The minimum atomic E-state index is -4.66. The molecular formula is C19H18F4N4O2. The van der Waals surface area contributed by atoms with E-state index in [0.29, 0.717) is 17.7 Å². The van der Waals surface area contributed by atoms with E-state index < -0.39 is 23.7 Å². The smallest absolute Gasteiger partial charge is 0.451 e. The summed E-state index contributed by atoms with van der Waals surface area (Å²) in [6.07, 6.45) is 2.30. The molecule has 6 nitrogen and oxygen atoms in total. The number of hydrogen-bond acceptors (Lipinski definition) is 5. The highest BCUT2D eigenvalue weighted by Crippen LogP contribution is 2.27. The summed E-state index contributed by atoms with van der Waals surface area (Å²) < 4.78 is 56.1. The molecule has 0 radical (unpaired) electrons. The first-order valence-corrected chi connectivity index (χ1v) is 8.42. The third kappa shape index (κ3) is 5.84. The Morgan fingerprint density at radius 1 is 1.31 bits per heavy atom. The van der Waals surface area contributed by atoms with Crippen molar-refractivity contribution in [1.82, 2.24) is 14.9 Å². The molecule has 0 unspecified atom stereocenters. The van der Waals surface area contributed by atoms with E-state index in [-0.39, 0.29) is 24.6 Å². The van der Waals surface area contributed by atoms with Crippen LogP contribution in [-0.4, -0.2) is 39.6 Å². The van der Waals surface area contributed by atoms with Crippen molar-refractivity contribution in [3.8, 4) is 5.75 Å². The van der Waals surface area contributed by atoms with Gasteiger partial charge in [0, 0.05) is 19.3 Å². The van der Waals surface area contributed by atoms with Crippen LogP contribution >= 0.6 is 0 Å². The molecule has 1 aliphatic rings. The van der Waals surface area contributed by atoms with E-state index in [1.54, 1.807) is 19.1 Å². The standard InChI is InChI=1S/C19H18F4N4O2/c1-4-7-24-16(14-5-8-27(9-6-14)17(28)12(2)20)13(3)29-15-10-25-18(26-11-15)19(21,22)23/h4-5,7,10-11H,2-3,6,8-9H2,1H3/b7-4-,24-16+.